The number of likely N-dealkylation sites (tertiary alicyclic amines) is 1. The van der Waals surface area contributed by atoms with Crippen LogP contribution < -0.4 is 0 Å². The number of piperidine rings is 1. The highest BCUT2D eigenvalue weighted by atomic mass is 16.4. The number of hydrogen-bond donors (Lipinski definition) is 0. The first kappa shape index (κ1) is 14.1. The standard InChI is InChI=1S/C17H18N4O2/c1-2-13(10-18-6-1)11-21-7-3-14(4-8-21)16-19-20-17(23-16)15-5-9-22-12-15/h1-2,5-6,9-10,12,14H,3-4,7-8,11H2. The van der Waals surface area contributed by atoms with E-state index in [1.807, 2.05) is 24.5 Å². The summed E-state index contributed by atoms with van der Waals surface area (Å²) in [6.07, 6.45) is 9.04. The fourth-order valence-corrected chi connectivity index (χ4v) is 2.99. The van der Waals surface area contributed by atoms with E-state index in [-0.39, 0.29) is 0 Å². The van der Waals surface area contributed by atoms with Crippen LogP contribution in [-0.4, -0.2) is 33.2 Å². The molecule has 6 nitrogen and oxygen atoms in total. The molecule has 1 fully saturated rings. The fraction of sp³-hybridized carbons (Fsp3) is 0.353. The molecule has 0 radical (unpaired) electrons. The van der Waals surface area contributed by atoms with Crippen molar-refractivity contribution >= 4 is 0 Å². The molecule has 0 bridgehead atoms. The van der Waals surface area contributed by atoms with E-state index in [4.69, 9.17) is 8.83 Å². The minimum absolute atomic E-state index is 0.341. The average Bonchev–Trinajstić information content (AvgIpc) is 3.28. The van der Waals surface area contributed by atoms with Gasteiger partial charge in [0.25, 0.3) is 5.89 Å². The zero-order chi connectivity index (χ0) is 15.5. The smallest absolute Gasteiger partial charge is 0.250 e. The van der Waals surface area contributed by atoms with Crippen molar-refractivity contribution in [3.05, 3.63) is 54.6 Å². The third-order valence-electron chi connectivity index (χ3n) is 4.27. The largest absolute Gasteiger partial charge is 0.472 e. The molecule has 3 aromatic heterocycles. The fourth-order valence-electron chi connectivity index (χ4n) is 2.99. The van der Waals surface area contributed by atoms with E-state index in [1.165, 1.54) is 5.56 Å². The maximum atomic E-state index is 5.81. The molecule has 0 saturated carbocycles. The van der Waals surface area contributed by atoms with Crippen molar-refractivity contribution in [3.63, 3.8) is 0 Å². The van der Waals surface area contributed by atoms with Crippen LogP contribution in [0.5, 0.6) is 0 Å². The van der Waals surface area contributed by atoms with Gasteiger partial charge < -0.3 is 8.83 Å². The summed E-state index contributed by atoms with van der Waals surface area (Å²) in [6.45, 7) is 3.01. The van der Waals surface area contributed by atoms with Crippen LogP contribution in [0.15, 0.2) is 52.0 Å². The van der Waals surface area contributed by atoms with Crippen molar-refractivity contribution in [3.8, 4) is 11.5 Å². The molecule has 0 aromatic carbocycles. The maximum Gasteiger partial charge on any atom is 0.250 e. The van der Waals surface area contributed by atoms with Gasteiger partial charge in [0, 0.05) is 24.9 Å². The van der Waals surface area contributed by atoms with Crippen LogP contribution in [0.25, 0.3) is 11.5 Å². The van der Waals surface area contributed by atoms with E-state index in [1.54, 1.807) is 12.5 Å². The molecule has 0 atom stereocenters. The topological polar surface area (TPSA) is 68.2 Å². The predicted octanol–water partition coefficient (Wildman–Crippen LogP) is 3.10. The Kier molecular flexibility index (Phi) is 3.90. The first-order chi connectivity index (χ1) is 11.4. The Morgan fingerprint density at radius 2 is 2.09 bits per heavy atom. The molecule has 6 heteroatoms. The Bertz CT molecular complexity index is 731. The number of pyridine rings is 1. The second kappa shape index (κ2) is 6.34. The van der Waals surface area contributed by atoms with Crippen LogP contribution in [0.1, 0.15) is 30.2 Å². The molecule has 0 aliphatic carbocycles. The van der Waals surface area contributed by atoms with Gasteiger partial charge in [0.1, 0.15) is 6.26 Å². The van der Waals surface area contributed by atoms with Gasteiger partial charge in [-0.25, -0.2) is 0 Å². The van der Waals surface area contributed by atoms with Crippen LogP contribution in [0.4, 0.5) is 0 Å². The van der Waals surface area contributed by atoms with Crippen LogP contribution in [0.2, 0.25) is 0 Å². The van der Waals surface area contributed by atoms with Crippen molar-refractivity contribution in [2.24, 2.45) is 0 Å². The molecule has 23 heavy (non-hydrogen) atoms. The molecule has 0 amide bonds. The molecule has 118 valence electrons. The molecule has 0 N–H and O–H groups in total. The third-order valence-corrected chi connectivity index (χ3v) is 4.27. The summed E-state index contributed by atoms with van der Waals surface area (Å²) in [5.41, 5.74) is 2.09. The second-order valence-corrected chi connectivity index (χ2v) is 5.87. The number of nitrogens with zero attached hydrogens (tertiary/aromatic N) is 4. The van der Waals surface area contributed by atoms with Gasteiger partial charge >= 0.3 is 0 Å². The molecule has 0 unspecified atom stereocenters. The molecule has 1 saturated heterocycles. The summed E-state index contributed by atoms with van der Waals surface area (Å²) in [5.74, 6) is 1.61. The first-order valence-corrected chi connectivity index (χ1v) is 7.86. The molecule has 4 rings (SSSR count). The lowest BCUT2D eigenvalue weighted by Gasteiger charge is -2.30. The first-order valence-electron chi connectivity index (χ1n) is 7.86. The molecule has 1 aliphatic heterocycles. The molecular weight excluding hydrogens is 292 g/mol. The lowest BCUT2D eigenvalue weighted by atomic mass is 9.96. The van der Waals surface area contributed by atoms with Gasteiger partial charge in [-0.05, 0) is 43.6 Å². The van der Waals surface area contributed by atoms with Crippen molar-refractivity contribution in [2.45, 2.75) is 25.3 Å². The van der Waals surface area contributed by atoms with Crippen LogP contribution in [0, 0.1) is 0 Å². The highest BCUT2D eigenvalue weighted by Gasteiger charge is 2.25. The van der Waals surface area contributed by atoms with Gasteiger partial charge in [0.2, 0.25) is 5.89 Å². The molecule has 4 heterocycles. The van der Waals surface area contributed by atoms with E-state index in [0.717, 1.165) is 43.9 Å². The summed E-state index contributed by atoms with van der Waals surface area (Å²) >= 11 is 0. The molecule has 0 spiro atoms. The predicted molar refractivity (Wildman–Crippen MR) is 83.5 cm³/mol. The van der Waals surface area contributed by atoms with Gasteiger partial charge in [-0.1, -0.05) is 6.07 Å². The molecule has 3 aromatic rings. The zero-order valence-electron chi connectivity index (χ0n) is 12.8. The lowest BCUT2D eigenvalue weighted by molar-refractivity contribution is 0.193. The zero-order valence-corrected chi connectivity index (χ0v) is 12.8. The van der Waals surface area contributed by atoms with Gasteiger partial charge in [0.15, 0.2) is 0 Å². The second-order valence-electron chi connectivity index (χ2n) is 5.87. The van der Waals surface area contributed by atoms with E-state index in [2.05, 4.69) is 26.1 Å². The summed E-state index contributed by atoms with van der Waals surface area (Å²) in [4.78, 5) is 6.62. The Labute approximate surface area is 134 Å². The minimum atomic E-state index is 0.341. The minimum Gasteiger partial charge on any atom is -0.472 e. The van der Waals surface area contributed by atoms with Crippen LogP contribution >= 0.6 is 0 Å². The van der Waals surface area contributed by atoms with Crippen molar-refractivity contribution < 1.29 is 8.83 Å². The quantitative estimate of drug-likeness (QED) is 0.737. The Balaban J connectivity index is 1.36. The lowest BCUT2D eigenvalue weighted by Crippen LogP contribution is -2.32. The maximum absolute atomic E-state index is 5.81. The Morgan fingerprint density at radius 3 is 2.83 bits per heavy atom. The normalized spacial score (nSPS) is 16.7. The number of furan rings is 1. The van der Waals surface area contributed by atoms with E-state index < -0.39 is 0 Å². The highest BCUT2D eigenvalue weighted by molar-refractivity contribution is 5.49. The van der Waals surface area contributed by atoms with E-state index >= 15 is 0 Å². The molecular formula is C17H18N4O2. The highest BCUT2D eigenvalue weighted by Crippen LogP contribution is 2.29. The van der Waals surface area contributed by atoms with Gasteiger partial charge in [-0.3, -0.25) is 9.88 Å². The Morgan fingerprint density at radius 1 is 1.17 bits per heavy atom. The average molecular weight is 310 g/mol. The Hall–Kier alpha value is -2.47. The number of rotatable bonds is 4. The molecule has 1 aliphatic rings. The summed E-state index contributed by atoms with van der Waals surface area (Å²) in [6, 6.07) is 5.93. The number of aromatic nitrogens is 3. The van der Waals surface area contributed by atoms with Crippen molar-refractivity contribution in [2.75, 3.05) is 13.1 Å². The monoisotopic (exact) mass is 310 g/mol. The van der Waals surface area contributed by atoms with Crippen LogP contribution in [0.3, 0.4) is 0 Å². The van der Waals surface area contributed by atoms with Gasteiger partial charge in [-0.15, -0.1) is 10.2 Å². The van der Waals surface area contributed by atoms with E-state index in [9.17, 15) is 0 Å². The summed E-state index contributed by atoms with van der Waals surface area (Å²) < 4.78 is 10.9. The van der Waals surface area contributed by atoms with Crippen molar-refractivity contribution in [1.82, 2.24) is 20.1 Å². The van der Waals surface area contributed by atoms with Crippen LogP contribution in [-0.2, 0) is 6.54 Å². The number of hydrogen-bond acceptors (Lipinski definition) is 6. The van der Waals surface area contributed by atoms with Gasteiger partial charge in [-0.2, -0.15) is 0 Å². The van der Waals surface area contributed by atoms with Gasteiger partial charge in [0.05, 0.1) is 11.8 Å². The third kappa shape index (κ3) is 3.17. The van der Waals surface area contributed by atoms with Crippen molar-refractivity contribution in [1.29, 1.82) is 0 Å². The van der Waals surface area contributed by atoms with E-state index in [0.29, 0.717) is 11.8 Å². The summed E-state index contributed by atoms with van der Waals surface area (Å²) in [5, 5.41) is 8.34. The summed E-state index contributed by atoms with van der Waals surface area (Å²) in [7, 11) is 0. The SMILES string of the molecule is c1cncc(CN2CCC(c3nnc(-c4ccoc4)o3)CC2)c1.